The van der Waals surface area contributed by atoms with Crippen molar-refractivity contribution < 1.29 is 4.79 Å². The van der Waals surface area contributed by atoms with Gasteiger partial charge in [0.1, 0.15) is 0 Å². The van der Waals surface area contributed by atoms with Gasteiger partial charge in [0.25, 0.3) is 0 Å². The maximum absolute atomic E-state index is 12.2. The predicted octanol–water partition coefficient (Wildman–Crippen LogP) is 2.70. The monoisotopic (exact) mass is 219 g/mol. The number of hydrogen-bond donors (Lipinski definition) is 1. The van der Waals surface area contributed by atoms with E-state index in [4.69, 9.17) is 5.73 Å². The van der Waals surface area contributed by atoms with Crippen LogP contribution < -0.4 is 5.73 Å². The van der Waals surface area contributed by atoms with Crippen LogP contribution in [0.1, 0.15) is 39.5 Å². The van der Waals surface area contributed by atoms with E-state index in [0.29, 0.717) is 6.54 Å². The lowest BCUT2D eigenvalue weighted by Gasteiger charge is -2.16. The normalized spacial score (nSPS) is 12.6. The van der Waals surface area contributed by atoms with Gasteiger partial charge in [-0.2, -0.15) is 0 Å². The molecule has 0 fully saturated rings. The van der Waals surface area contributed by atoms with Crippen molar-refractivity contribution in [2.24, 2.45) is 11.7 Å². The molecular formula is C14H21NO. The zero-order chi connectivity index (χ0) is 12.5. The standard InChI is InChI=1S/C14H21NO/c1-8-6-9(2)12(5)13(11(8)4)14(16)10(3)7-15/h6,10H,7,15H2,1-5H3. The molecule has 0 aliphatic carbocycles. The number of carbonyl (C=O) groups is 1. The van der Waals surface area contributed by atoms with Gasteiger partial charge < -0.3 is 5.73 Å². The molecule has 0 spiro atoms. The molecule has 16 heavy (non-hydrogen) atoms. The van der Waals surface area contributed by atoms with Gasteiger partial charge in [-0.3, -0.25) is 4.79 Å². The van der Waals surface area contributed by atoms with Crippen molar-refractivity contribution in [3.63, 3.8) is 0 Å². The third-order valence-corrected chi connectivity index (χ3v) is 3.41. The van der Waals surface area contributed by atoms with Crippen LogP contribution >= 0.6 is 0 Å². The molecule has 1 aromatic carbocycles. The highest BCUT2D eigenvalue weighted by atomic mass is 16.1. The minimum absolute atomic E-state index is 0.0985. The lowest BCUT2D eigenvalue weighted by atomic mass is 9.87. The first-order valence-corrected chi connectivity index (χ1v) is 5.71. The first-order chi connectivity index (χ1) is 7.40. The molecule has 0 heterocycles. The van der Waals surface area contributed by atoms with E-state index in [1.165, 1.54) is 11.1 Å². The quantitative estimate of drug-likeness (QED) is 0.794. The zero-order valence-corrected chi connectivity index (χ0v) is 10.8. The van der Waals surface area contributed by atoms with Crippen LogP contribution in [0.15, 0.2) is 6.07 Å². The first kappa shape index (κ1) is 12.9. The van der Waals surface area contributed by atoms with Gasteiger partial charge in [0, 0.05) is 18.0 Å². The van der Waals surface area contributed by atoms with Crippen molar-refractivity contribution in [2.75, 3.05) is 6.54 Å². The van der Waals surface area contributed by atoms with Crippen molar-refractivity contribution >= 4 is 5.78 Å². The van der Waals surface area contributed by atoms with E-state index in [0.717, 1.165) is 16.7 Å². The molecule has 0 radical (unpaired) electrons. The Morgan fingerprint density at radius 2 is 1.62 bits per heavy atom. The fraction of sp³-hybridized carbons (Fsp3) is 0.500. The van der Waals surface area contributed by atoms with E-state index < -0.39 is 0 Å². The molecule has 0 bridgehead atoms. The van der Waals surface area contributed by atoms with Gasteiger partial charge in [0.05, 0.1) is 0 Å². The largest absolute Gasteiger partial charge is 0.330 e. The number of hydrogen-bond acceptors (Lipinski definition) is 2. The van der Waals surface area contributed by atoms with Gasteiger partial charge in [0.2, 0.25) is 0 Å². The molecule has 0 aromatic heterocycles. The summed E-state index contributed by atoms with van der Waals surface area (Å²) in [6.07, 6.45) is 0. The van der Waals surface area contributed by atoms with E-state index in [2.05, 4.69) is 6.07 Å². The third-order valence-electron chi connectivity index (χ3n) is 3.41. The highest BCUT2D eigenvalue weighted by Gasteiger charge is 2.19. The van der Waals surface area contributed by atoms with Crippen LogP contribution in [0.2, 0.25) is 0 Å². The lowest BCUT2D eigenvalue weighted by molar-refractivity contribution is 0.0933. The number of benzene rings is 1. The van der Waals surface area contributed by atoms with Crippen molar-refractivity contribution in [2.45, 2.75) is 34.6 Å². The summed E-state index contributed by atoms with van der Waals surface area (Å²) in [6, 6.07) is 2.13. The Morgan fingerprint density at radius 1 is 1.19 bits per heavy atom. The van der Waals surface area contributed by atoms with Gasteiger partial charge in [-0.15, -0.1) is 0 Å². The summed E-state index contributed by atoms with van der Waals surface area (Å²) in [5.74, 6) is 0.0721. The maximum atomic E-state index is 12.2. The second-order valence-electron chi connectivity index (χ2n) is 4.64. The Morgan fingerprint density at radius 3 is 2.00 bits per heavy atom. The second-order valence-corrected chi connectivity index (χ2v) is 4.64. The number of rotatable bonds is 3. The van der Waals surface area contributed by atoms with E-state index >= 15 is 0 Å². The zero-order valence-electron chi connectivity index (χ0n) is 10.8. The van der Waals surface area contributed by atoms with Gasteiger partial charge in [-0.1, -0.05) is 13.0 Å². The second kappa shape index (κ2) is 4.79. The first-order valence-electron chi connectivity index (χ1n) is 5.71. The molecule has 1 aromatic rings. The predicted molar refractivity (Wildman–Crippen MR) is 67.9 cm³/mol. The number of ketones is 1. The van der Waals surface area contributed by atoms with Crippen LogP contribution in [0.4, 0.5) is 0 Å². The minimum atomic E-state index is -0.0985. The third kappa shape index (κ3) is 2.17. The summed E-state index contributed by atoms with van der Waals surface area (Å²) in [6.45, 7) is 10.4. The summed E-state index contributed by atoms with van der Waals surface area (Å²) in [5.41, 5.74) is 11.0. The highest BCUT2D eigenvalue weighted by molar-refractivity contribution is 6.01. The molecule has 2 N–H and O–H groups in total. The average molecular weight is 219 g/mol. The van der Waals surface area contributed by atoms with Gasteiger partial charge >= 0.3 is 0 Å². The molecule has 0 amide bonds. The molecule has 2 nitrogen and oxygen atoms in total. The Hall–Kier alpha value is -1.15. The van der Waals surface area contributed by atoms with Gasteiger partial charge in [0.15, 0.2) is 5.78 Å². The summed E-state index contributed by atoms with van der Waals surface area (Å²) < 4.78 is 0. The number of Topliss-reactive ketones (excluding diaryl/α,β-unsaturated/α-hetero) is 1. The summed E-state index contributed by atoms with van der Waals surface area (Å²) in [5, 5.41) is 0. The average Bonchev–Trinajstić information content (AvgIpc) is 2.25. The van der Waals surface area contributed by atoms with E-state index in [-0.39, 0.29) is 11.7 Å². The minimum Gasteiger partial charge on any atom is -0.330 e. The van der Waals surface area contributed by atoms with Crippen molar-refractivity contribution in [1.82, 2.24) is 0 Å². The Labute approximate surface area is 97.9 Å². The SMILES string of the molecule is Cc1cc(C)c(C)c(C(=O)C(C)CN)c1C. The molecule has 2 heteroatoms. The molecule has 1 unspecified atom stereocenters. The molecule has 0 aliphatic heterocycles. The smallest absolute Gasteiger partial charge is 0.167 e. The van der Waals surface area contributed by atoms with Gasteiger partial charge in [-0.05, 0) is 49.9 Å². The molecule has 0 saturated heterocycles. The fourth-order valence-corrected chi connectivity index (χ4v) is 1.94. The van der Waals surface area contributed by atoms with Crippen LogP contribution in [0.5, 0.6) is 0 Å². The summed E-state index contributed by atoms with van der Waals surface area (Å²) in [4.78, 5) is 12.2. The van der Waals surface area contributed by atoms with Crippen molar-refractivity contribution in [3.05, 3.63) is 33.9 Å². The molecule has 1 rings (SSSR count). The van der Waals surface area contributed by atoms with Crippen LogP contribution in [-0.4, -0.2) is 12.3 Å². The summed E-state index contributed by atoms with van der Waals surface area (Å²) >= 11 is 0. The molecule has 0 aliphatic rings. The van der Waals surface area contributed by atoms with E-state index in [9.17, 15) is 4.79 Å². The number of carbonyl (C=O) groups excluding carboxylic acids is 1. The lowest BCUT2D eigenvalue weighted by Crippen LogP contribution is -2.22. The van der Waals surface area contributed by atoms with Gasteiger partial charge in [-0.25, -0.2) is 0 Å². The fourth-order valence-electron chi connectivity index (χ4n) is 1.94. The van der Waals surface area contributed by atoms with Crippen LogP contribution in [0, 0.1) is 33.6 Å². The maximum Gasteiger partial charge on any atom is 0.167 e. The number of aryl methyl sites for hydroxylation is 2. The topological polar surface area (TPSA) is 43.1 Å². The van der Waals surface area contributed by atoms with Crippen LogP contribution in [0.3, 0.4) is 0 Å². The molecule has 88 valence electrons. The Bertz CT molecular complexity index is 395. The van der Waals surface area contributed by atoms with E-state index in [1.807, 2.05) is 34.6 Å². The molecule has 1 atom stereocenters. The molecular weight excluding hydrogens is 198 g/mol. The number of nitrogens with two attached hydrogens (primary N) is 1. The Balaban J connectivity index is 3.38. The molecule has 0 saturated carbocycles. The van der Waals surface area contributed by atoms with Crippen LogP contribution in [-0.2, 0) is 0 Å². The van der Waals surface area contributed by atoms with Crippen molar-refractivity contribution in [3.8, 4) is 0 Å². The Kier molecular flexibility index (Phi) is 3.87. The highest BCUT2D eigenvalue weighted by Crippen LogP contribution is 2.24. The van der Waals surface area contributed by atoms with E-state index in [1.54, 1.807) is 0 Å². The summed E-state index contributed by atoms with van der Waals surface area (Å²) in [7, 11) is 0. The van der Waals surface area contributed by atoms with Crippen molar-refractivity contribution in [1.29, 1.82) is 0 Å². The van der Waals surface area contributed by atoms with Crippen LogP contribution in [0.25, 0.3) is 0 Å².